The van der Waals surface area contributed by atoms with Crippen LogP contribution in [-0.4, -0.2) is 19.6 Å². The molecule has 2 nitrogen and oxygen atoms in total. The van der Waals surface area contributed by atoms with Gasteiger partial charge in [-0.25, -0.2) is 0 Å². The van der Waals surface area contributed by atoms with E-state index < -0.39 is 0 Å². The van der Waals surface area contributed by atoms with Gasteiger partial charge < -0.3 is 10.6 Å². The Bertz CT molecular complexity index is 1100. The van der Waals surface area contributed by atoms with Crippen LogP contribution in [0.2, 0.25) is 0 Å². The van der Waals surface area contributed by atoms with E-state index in [-0.39, 0.29) is 26.2 Å². The van der Waals surface area contributed by atoms with Gasteiger partial charge in [-0.15, -0.1) is 48.6 Å². The van der Waals surface area contributed by atoms with Crippen molar-refractivity contribution >= 4 is 5.69 Å². The number of nitrogens with one attached hydrogen (secondary N) is 1. The maximum Gasteiger partial charge on any atom is 0 e. The Balaban J connectivity index is 0.000000432. The van der Waals surface area contributed by atoms with Crippen LogP contribution in [0.25, 0.3) is 5.32 Å². The Labute approximate surface area is 264 Å². The van der Waals surface area contributed by atoms with Gasteiger partial charge in [-0.1, -0.05) is 66.8 Å². The molecule has 0 aliphatic heterocycles. The SMILES string of the molecule is Cc1cc(C)c([CH-]CCNCC[N-]c2c(C)cc(C)cc2C)c(C)c1.[CH2-]c1ccccc1.[CH2-]c1ccccc1.[Zr]. The monoisotopic (exact) mass is 608 g/mol. The van der Waals surface area contributed by atoms with Crippen LogP contribution in [0.5, 0.6) is 0 Å². The van der Waals surface area contributed by atoms with Crippen LogP contribution >= 0.6 is 0 Å². The van der Waals surface area contributed by atoms with Crippen LogP contribution in [0.4, 0.5) is 5.69 Å². The van der Waals surface area contributed by atoms with E-state index in [4.69, 9.17) is 5.32 Å². The average Bonchev–Trinajstić information content (AvgIpc) is 2.87. The minimum absolute atomic E-state index is 0. The van der Waals surface area contributed by atoms with Crippen molar-refractivity contribution in [3.63, 3.8) is 0 Å². The largest absolute Gasteiger partial charge is 0.683 e. The van der Waals surface area contributed by atoms with E-state index in [1.165, 1.54) is 38.9 Å². The Kier molecular flexibility index (Phi) is 16.9. The third-order valence-corrected chi connectivity index (χ3v) is 6.29. The predicted molar refractivity (Wildman–Crippen MR) is 172 cm³/mol. The molecule has 4 aromatic carbocycles. The van der Waals surface area contributed by atoms with Crippen molar-refractivity contribution in [2.45, 2.75) is 48.0 Å². The average molecular weight is 610 g/mol. The van der Waals surface area contributed by atoms with E-state index in [9.17, 15) is 0 Å². The Morgan fingerprint density at radius 1 is 0.625 bits per heavy atom. The van der Waals surface area contributed by atoms with Crippen LogP contribution < -0.4 is 5.32 Å². The molecule has 0 saturated carbocycles. The van der Waals surface area contributed by atoms with Crippen molar-refractivity contribution < 1.29 is 26.2 Å². The Morgan fingerprint density at radius 2 is 1.05 bits per heavy atom. The zero-order valence-electron chi connectivity index (χ0n) is 25.4. The van der Waals surface area contributed by atoms with Crippen molar-refractivity contribution in [2.24, 2.45) is 0 Å². The molecule has 0 heterocycles. The van der Waals surface area contributed by atoms with Gasteiger partial charge in [0.2, 0.25) is 0 Å². The summed E-state index contributed by atoms with van der Waals surface area (Å²) >= 11 is 0. The number of hydrogen-bond acceptors (Lipinski definition) is 1. The van der Waals surface area contributed by atoms with Gasteiger partial charge in [-0.3, -0.25) is 0 Å². The quantitative estimate of drug-likeness (QED) is 0.156. The van der Waals surface area contributed by atoms with E-state index in [1.807, 2.05) is 60.7 Å². The molecule has 0 radical (unpaired) electrons. The van der Waals surface area contributed by atoms with E-state index in [0.717, 1.165) is 42.9 Å². The van der Waals surface area contributed by atoms with Crippen LogP contribution in [-0.2, 0) is 26.2 Å². The van der Waals surface area contributed by atoms with Gasteiger partial charge in [-0.05, 0) is 40.8 Å². The molecule has 0 bridgehead atoms. The molecule has 0 spiro atoms. The first kappa shape index (κ1) is 35.2. The number of rotatable bonds is 8. The summed E-state index contributed by atoms with van der Waals surface area (Å²) < 4.78 is 0. The zero-order valence-corrected chi connectivity index (χ0v) is 27.8. The Hall–Kier alpha value is -2.87. The normalized spacial score (nSPS) is 9.75. The van der Waals surface area contributed by atoms with E-state index >= 15 is 0 Å². The third kappa shape index (κ3) is 13.5. The minimum atomic E-state index is 0. The van der Waals surface area contributed by atoms with Gasteiger partial charge in [0.05, 0.1) is 0 Å². The fraction of sp³-hybridized carbons (Fsp3) is 0.270. The van der Waals surface area contributed by atoms with Crippen molar-refractivity contribution in [2.75, 3.05) is 19.6 Å². The first-order valence-electron chi connectivity index (χ1n) is 13.8. The summed E-state index contributed by atoms with van der Waals surface area (Å²) in [6.45, 7) is 23.2. The summed E-state index contributed by atoms with van der Waals surface area (Å²) in [6, 6.07) is 28.7. The molecule has 0 unspecified atom stereocenters. The van der Waals surface area contributed by atoms with Gasteiger partial charge in [0.15, 0.2) is 0 Å². The second kappa shape index (κ2) is 19.3. The van der Waals surface area contributed by atoms with Crippen LogP contribution in [0, 0.1) is 61.8 Å². The van der Waals surface area contributed by atoms with Gasteiger partial charge >= 0.3 is 0 Å². The van der Waals surface area contributed by atoms with Crippen LogP contribution in [0.15, 0.2) is 84.9 Å². The van der Waals surface area contributed by atoms with Gasteiger partial charge in [0.1, 0.15) is 0 Å². The molecule has 212 valence electrons. The van der Waals surface area contributed by atoms with Crippen molar-refractivity contribution in [3.05, 3.63) is 161 Å². The molecule has 0 aliphatic carbocycles. The van der Waals surface area contributed by atoms with Crippen LogP contribution in [0.1, 0.15) is 56.5 Å². The molecule has 0 amide bonds. The maximum absolute atomic E-state index is 4.77. The fourth-order valence-corrected chi connectivity index (χ4v) is 4.58. The minimum Gasteiger partial charge on any atom is -0.683 e. The molecule has 4 aromatic rings. The first-order valence-corrected chi connectivity index (χ1v) is 13.8. The Morgan fingerprint density at radius 3 is 1.45 bits per heavy atom. The molecule has 1 N–H and O–H groups in total. The third-order valence-electron chi connectivity index (χ3n) is 6.29. The molecule has 0 aromatic heterocycles. The summed E-state index contributed by atoms with van der Waals surface area (Å²) in [5.41, 5.74) is 12.6. The van der Waals surface area contributed by atoms with Gasteiger partial charge in [0, 0.05) is 26.2 Å². The van der Waals surface area contributed by atoms with E-state index in [2.05, 4.69) is 91.4 Å². The van der Waals surface area contributed by atoms with E-state index in [0.29, 0.717) is 0 Å². The first-order chi connectivity index (χ1) is 18.7. The summed E-state index contributed by atoms with van der Waals surface area (Å²) in [5.74, 6) is 0. The standard InChI is InChI=1S/C23H32N2.2C7H7.Zr/c1-16-12-18(3)22(19(4)13-16)8-7-9-24-10-11-25-23-20(5)14-17(2)15-21(23)6;2*1-7-5-3-2-4-6-7;/h8,12-15,24H,7,9-11H2,1-6H3;2*2-6H,1H2;/q-2;2*-1;. The van der Waals surface area contributed by atoms with Gasteiger partial charge in [0.25, 0.3) is 0 Å². The molecular formula is C37H46N2Zr-4. The number of hydrogen-bond donors (Lipinski definition) is 1. The van der Waals surface area contributed by atoms with Crippen molar-refractivity contribution in [1.29, 1.82) is 0 Å². The summed E-state index contributed by atoms with van der Waals surface area (Å²) in [5, 5.41) is 8.27. The number of nitrogens with zero attached hydrogens (tertiary/aromatic N) is 1. The molecule has 0 fully saturated rings. The second-order valence-corrected chi connectivity index (χ2v) is 10.2. The van der Waals surface area contributed by atoms with E-state index in [1.54, 1.807) is 0 Å². The number of aryl methyl sites for hydroxylation is 6. The summed E-state index contributed by atoms with van der Waals surface area (Å²) in [4.78, 5) is 0. The second-order valence-electron chi connectivity index (χ2n) is 10.2. The van der Waals surface area contributed by atoms with Crippen LogP contribution in [0.3, 0.4) is 0 Å². The molecule has 0 saturated heterocycles. The number of benzene rings is 4. The van der Waals surface area contributed by atoms with Crippen molar-refractivity contribution in [3.8, 4) is 0 Å². The molecular weight excluding hydrogens is 564 g/mol. The summed E-state index contributed by atoms with van der Waals surface area (Å²) in [7, 11) is 0. The smallest absolute Gasteiger partial charge is 0 e. The topological polar surface area (TPSA) is 26.1 Å². The molecule has 0 aliphatic rings. The predicted octanol–water partition coefficient (Wildman–Crippen LogP) is 9.51. The summed E-state index contributed by atoms with van der Waals surface area (Å²) in [6.07, 6.45) is 3.40. The fourth-order valence-electron chi connectivity index (χ4n) is 4.58. The molecule has 40 heavy (non-hydrogen) atoms. The zero-order chi connectivity index (χ0) is 28.6. The molecule has 4 rings (SSSR count). The maximum atomic E-state index is 4.77. The van der Waals surface area contributed by atoms with Crippen molar-refractivity contribution in [1.82, 2.24) is 5.32 Å². The van der Waals surface area contributed by atoms with Gasteiger partial charge in [-0.2, -0.15) is 72.4 Å². The molecule has 3 heteroatoms. The molecule has 0 atom stereocenters.